The average molecular weight is 293 g/mol. The van der Waals surface area contributed by atoms with Gasteiger partial charge in [-0.05, 0) is 24.6 Å². The van der Waals surface area contributed by atoms with Crippen molar-refractivity contribution >= 4 is 18.0 Å². The lowest BCUT2D eigenvalue weighted by atomic mass is 10.2. The Morgan fingerprint density at radius 2 is 2.10 bits per heavy atom. The lowest BCUT2D eigenvalue weighted by Gasteiger charge is -2.16. The zero-order valence-electron chi connectivity index (χ0n) is 12.3. The van der Waals surface area contributed by atoms with Crippen molar-refractivity contribution in [3.8, 4) is 11.5 Å². The van der Waals surface area contributed by atoms with Crippen molar-refractivity contribution < 1.29 is 24.2 Å². The molecule has 2 N–H and O–H groups in total. The van der Waals surface area contributed by atoms with Crippen LogP contribution in [0.3, 0.4) is 0 Å². The molecule has 1 unspecified atom stereocenters. The number of aliphatic carboxylic acids is 1. The summed E-state index contributed by atoms with van der Waals surface area (Å²) in [5.41, 5.74) is 0.943. The summed E-state index contributed by atoms with van der Waals surface area (Å²) in [5, 5.41) is 11.3. The normalized spacial score (nSPS) is 12.0. The first-order valence-electron chi connectivity index (χ1n) is 6.41. The molecule has 0 aliphatic rings. The molecule has 1 atom stereocenters. The molecule has 6 nitrogen and oxygen atoms in total. The molecular weight excluding hydrogens is 274 g/mol. The van der Waals surface area contributed by atoms with Gasteiger partial charge in [-0.25, -0.2) is 4.79 Å². The van der Waals surface area contributed by atoms with Gasteiger partial charge < -0.3 is 19.9 Å². The number of amides is 1. The summed E-state index contributed by atoms with van der Waals surface area (Å²) in [6, 6.07) is 4.19. The Kier molecular flexibility index (Phi) is 6.26. The highest BCUT2D eigenvalue weighted by Crippen LogP contribution is 2.28. The number of benzene rings is 1. The Morgan fingerprint density at radius 1 is 1.38 bits per heavy atom. The number of carbonyl (C=O) groups is 2. The van der Waals surface area contributed by atoms with Crippen LogP contribution in [-0.4, -0.2) is 36.7 Å². The number of hydrogen-bond donors (Lipinski definition) is 2. The van der Waals surface area contributed by atoms with Crippen LogP contribution in [0.5, 0.6) is 11.5 Å². The molecule has 1 aromatic rings. The van der Waals surface area contributed by atoms with Gasteiger partial charge in [-0.3, -0.25) is 4.79 Å². The summed E-state index contributed by atoms with van der Waals surface area (Å²) < 4.78 is 10.7. The van der Waals surface area contributed by atoms with Gasteiger partial charge >= 0.3 is 5.97 Å². The van der Waals surface area contributed by atoms with E-state index in [0.29, 0.717) is 11.5 Å². The molecule has 0 radical (unpaired) electrons. The molecule has 0 aromatic heterocycles. The predicted molar refractivity (Wildman–Crippen MR) is 78.4 cm³/mol. The molecule has 0 aliphatic heterocycles. The first-order valence-corrected chi connectivity index (χ1v) is 6.41. The second kappa shape index (κ2) is 7.94. The van der Waals surface area contributed by atoms with Crippen LogP contribution in [0.1, 0.15) is 19.4 Å². The number of allylic oxidation sites excluding steroid dienone is 1. The molecule has 0 heterocycles. The van der Waals surface area contributed by atoms with Crippen molar-refractivity contribution in [1.29, 1.82) is 0 Å². The van der Waals surface area contributed by atoms with Crippen molar-refractivity contribution in [2.24, 2.45) is 0 Å². The van der Waals surface area contributed by atoms with E-state index in [0.717, 1.165) is 5.56 Å². The molecule has 0 spiro atoms. The molecule has 1 aromatic carbocycles. The minimum absolute atomic E-state index is 0.186. The van der Waals surface area contributed by atoms with E-state index >= 15 is 0 Å². The Bertz CT molecular complexity index is 539. The first kappa shape index (κ1) is 16.6. The molecular formula is C15H19NO5. The highest BCUT2D eigenvalue weighted by molar-refractivity contribution is 5.82. The molecule has 1 rings (SSSR count). The highest BCUT2D eigenvalue weighted by Gasteiger charge is 2.20. The van der Waals surface area contributed by atoms with E-state index < -0.39 is 17.9 Å². The fourth-order valence-electron chi connectivity index (χ4n) is 1.69. The zero-order chi connectivity index (χ0) is 15.8. The maximum Gasteiger partial charge on any atom is 0.329 e. The number of carboxylic acid groups (broad SMARTS) is 1. The number of nitrogens with one attached hydrogen (secondary N) is 1. The Balaban J connectivity index is 2.81. The quantitative estimate of drug-likeness (QED) is 0.799. The van der Waals surface area contributed by atoms with Crippen LogP contribution in [0.4, 0.5) is 0 Å². The number of methoxy groups -OCH3 is 1. The molecule has 114 valence electrons. The molecule has 0 aliphatic carbocycles. The summed E-state index contributed by atoms with van der Waals surface area (Å²) >= 11 is 0. The van der Waals surface area contributed by atoms with Crippen LogP contribution in [0.25, 0.3) is 6.08 Å². The Hall–Kier alpha value is -2.50. The maximum absolute atomic E-state index is 11.0. The first-order chi connectivity index (χ1) is 9.97. The van der Waals surface area contributed by atoms with Crippen LogP contribution in [0.2, 0.25) is 0 Å². The molecule has 21 heavy (non-hydrogen) atoms. The topological polar surface area (TPSA) is 84.9 Å². The zero-order valence-corrected chi connectivity index (χ0v) is 12.3. The van der Waals surface area contributed by atoms with Crippen LogP contribution >= 0.6 is 0 Å². The minimum Gasteiger partial charge on any atom is -0.493 e. The Morgan fingerprint density at radius 3 is 2.62 bits per heavy atom. The molecule has 0 saturated carbocycles. The van der Waals surface area contributed by atoms with Crippen LogP contribution in [0, 0.1) is 0 Å². The maximum atomic E-state index is 11.0. The largest absolute Gasteiger partial charge is 0.493 e. The van der Waals surface area contributed by atoms with Crippen molar-refractivity contribution in [3.05, 3.63) is 29.8 Å². The second-order valence-electron chi connectivity index (χ2n) is 4.31. The van der Waals surface area contributed by atoms with Crippen LogP contribution < -0.4 is 14.8 Å². The summed E-state index contributed by atoms with van der Waals surface area (Å²) in [6.45, 7) is 2.97. The smallest absolute Gasteiger partial charge is 0.329 e. The molecule has 0 saturated heterocycles. The average Bonchev–Trinajstić information content (AvgIpc) is 2.43. The summed E-state index contributed by atoms with van der Waals surface area (Å²) in [7, 11) is 1.50. The second-order valence-corrected chi connectivity index (χ2v) is 4.31. The number of rotatable bonds is 7. The lowest BCUT2D eigenvalue weighted by Crippen LogP contribution is -2.43. The van der Waals surface area contributed by atoms with Gasteiger partial charge in [0.1, 0.15) is 6.61 Å². The highest BCUT2D eigenvalue weighted by atomic mass is 16.5. The van der Waals surface area contributed by atoms with E-state index in [4.69, 9.17) is 14.6 Å². The summed E-state index contributed by atoms with van der Waals surface area (Å²) in [6.07, 6.45) is 3.80. The molecule has 1 amide bonds. The number of ether oxygens (including phenoxy) is 2. The third-order valence-electron chi connectivity index (χ3n) is 2.63. The van der Waals surface area contributed by atoms with E-state index in [9.17, 15) is 9.59 Å². The third-order valence-corrected chi connectivity index (χ3v) is 2.63. The van der Waals surface area contributed by atoms with E-state index in [-0.39, 0.29) is 6.61 Å². The Labute approximate surface area is 123 Å². The fourth-order valence-corrected chi connectivity index (χ4v) is 1.69. The monoisotopic (exact) mass is 293 g/mol. The van der Waals surface area contributed by atoms with Crippen LogP contribution in [0.15, 0.2) is 24.3 Å². The van der Waals surface area contributed by atoms with E-state index in [1.54, 1.807) is 12.1 Å². The fraction of sp³-hybridized carbons (Fsp3) is 0.333. The van der Waals surface area contributed by atoms with Crippen molar-refractivity contribution in [2.45, 2.75) is 19.9 Å². The summed E-state index contributed by atoms with van der Waals surface area (Å²) in [5.74, 6) is -0.670. The molecule has 0 fully saturated rings. The SMILES string of the molecule is CC=Cc1ccc(OCC(NC(C)=O)C(=O)O)c(OC)c1. The van der Waals surface area contributed by atoms with Crippen molar-refractivity contribution in [3.63, 3.8) is 0 Å². The van der Waals surface area contributed by atoms with Gasteiger partial charge in [-0.1, -0.05) is 18.2 Å². The third kappa shape index (κ3) is 5.18. The van der Waals surface area contributed by atoms with Crippen LogP contribution in [-0.2, 0) is 9.59 Å². The van der Waals surface area contributed by atoms with Crippen molar-refractivity contribution in [2.75, 3.05) is 13.7 Å². The van der Waals surface area contributed by atoms with Gasteiger partial charge in [0, 0.05) is 6.92 Å². The van der Waals surface area contributed by atoms with Gasteiger partial charge in [-0.2, -0.15) is 0 Å². The number of carboxylic acids is 1. The lowest BCUT2D eigenvalue weighted by molar-refractivity contribution is -0.142. The molecule has 0 bridgehead atoms. The predicted octanol–water partition coefficient (Wildman–Crippen LogP) is 1.70. The van der Waals surface area contributed by atoms with E-state index in [1.165, 1.54) is 14.0 Å². The number of carbonyl (C=O) groups excluding carboxylic acids is 1. The van der Waals surface area contributed by atoms with Gasteiger partial charge in [0.2, 0.25) is 5.91 Å². The van der Waals surface area contributed by atoms with E-state index in [1.807, 2.05) is 25.1 Å². The summed E-state index contributed by atoms with van der Waals surface area (Å²) in [4.78, 5) is 22.0. The van der Waals surface area contributed by atoms with Crippen molar-refractivity contribution in [1.82, 2.24) is 5.32 Å². The van der Waals surface area contributed by atoms with Gasteiger partial charge in [-0.15, -0.1) is 0 Å². The molecule has 6 heteroatoms. The number of hydrogen-bond acceptors (Lipinski definition) is 4. The van der Waals surface area contributed by atoms with Gasteiger partial charge in [0.15, 0.2) is 17.5 Å². The van der Waals surface area contributed by atoms with Gasteiger partial charge in [0.25, 0.3) is 0 Å². The van der Waals surface area contributed by atoms with E-state index in [2.05, 4.69) is 5.32 Å². The minimum atomic E-state index is -1.16. The standard InChI is InChI=1S/C15H19NO5/c1-4-5-11-6-7-13(14(8-11)20-3)21-9-12(15(18)19)16-10(2)17/h4-8,12H,9H2,1-3H3,(H,16,17)(H,18,19). The van der Waals surface area contributed by atoms with Gasteiger partial charge in [0.05, 0.1) is 7.11 Å².